The molecule has 0 aromatic carbocycles. The summed E-state index contributed by atoms with van der Waals surface area (Å²) in [6, 6.07) is 0. The van der Waals surface area contributed by atoms with Crippen LogP contribution in [0.5, 0.6) is 0 Å². The molecular weight excluding hydrogens is 168 g/mol. The SMILES string of the molecule is CCCCCC(=O)C/C=C/C(=O)O. The number of allylic oxidation sites excluding steroid dienone is 1. The molecule has 0 aliphatic rings. The summed E-state index contributed by atoms with van der Waals surface area (Å²) in [4.78, 5) is 21.1. The highest BCUT2D eigenvalue weighted by Crippen LogP contribution is 2.02. The fourth-order valence-electron chi connectivity index (χ4n) is 0.965. The Morgan fingerprint density at radius 2 is 2.00 bits per heavy atom. The van der Waals surface area contributed by atoms with Gasteiger partial charge in [0, 0.05) is 18.9 Å². The van der Waals surface area contributed by atoms with Gasteiger partial charge in [-0.2, -0.15) is 0 Å². The predicted molar refractivity (Wildman–Crippen MR) is 50.5 cm³/mol. The molecule has 0 saturated carbocycles. The molecule has 0 aliphatic heterocycles. The van der Waals surface area contributed by atoms with Crippen LogP contribution in [-0.2, 0) is 9.59 Å². The quantitative estimate of drug-likeness (QED) is 0.487. The van der Waals surface area contributed by atoms with E-state index in [0.29, 0.717) is 6.42 Å². The number of carboxylic acid groups (broad SMARTS) is 1. The van der Waals surface area contributed by atoms with Crippen molar-refractivity contribution in [1.82, 2.24) is 0 Å². The van der Waals surface area contributed by atoms with E-state index in [9.17, 15) is 9.59 Å². The minimum Gasteiger partial charge on any atom is -0.478 e. The van der Waals surface area contributed by atoms with Crippen LogP contribution in [0, 0.1) is 0 Å². The second-order valence-electron chi connectivity index (χ2n) is 2.94. The van der Waals surface area contributed by atoms with Gasteiger partial charge in [-0.25, -0.2) is 4.79 Å². The van der Waals surface area contributed by atoms with Gasteiger partial charge in [0.2, 0.25) is 0 Å². The first-order chi connectivity index (χ1) is 6.16. The van der Waals surface area contributed by atoms with Crippen molar-refractivity contribution in [3.05, 3.63) is 12.2 Å². The fraction of sp³-hybridized carbons (Fsp3) is 0.600. The van der Waals surface area contributed by atoms with Gasteiger partial charge in [-0.1, -0.05) is 25.8 Å². The zero-order chi connectivity index (χ0) is 10.1. The van der Waals surface area contributed by atoms with E-state index >= 15 is 0 Å². The molecule has 3 nitrogen and oxygen atoms in total. The Labute approximate surface area is 78.5 Å². The minimum absolute atomic E-state index is 0.117. The first-order valence-corrected chi connectivity index (χ1v) is 4.58. The van der Waals surface area contributed by atoms with Crippen molar-refractivity contribution in [3.63, 3.8) is 0 Å². The number of rotatable bonds is 7. The lowest BCUT2D eigenvalue weighted by Crippen LogP contribution is -1.96. The van der Waals surface area contributed by atoms with Crippen LogP contribution in [0.25, 0.3) is 0 Å². The maximum Gasteiger partial charge on any atom is 0.327 e. The molecule has 0 aromatic heterocycles. The van der Waals surface area contributed by atoms with E-state index < -0.39 is 5.97 Å². The number of carbonyl (C=O) groups is 2. The maximum absolute atomic E-state index is 11.1. The van der Waals surface area contributed by atoms with Gasteiger partial charge >= 0.3 is 5.97 Å². The van der Waals surface area contributed by atoms with E-state index in [-0.39, 0.29) is 12.2 Å². The Hall–Kier alpha value is -1.12. The number of hydrogen-bond donors (Lipinski definition) is 1. The van der Waals surface area contributed by atoms with E-state index in [1.165, 1.54) is 6.08 Å². The Kier molecular flexibility index (Phi) is 6.88. The lowest BCUT2D eigenvalue weighted by molar-refractivity contribution is -0.131. The molecule has 0 amide bonds. The molecule has 0 aromatic rings. The first kappa shape index (κ1) is 11.9. The molecule has 0 bridgehead atoms. The van der Waals surface area contributed by atoms with Gasteiger partial charge in [-0.15, -0.1) is 0 Å². The molecule has 0 radical (unpaired) electrons. The van der Waals surface area contributed by atoms with Crippen molar-refractivity contribution >= 4 is 11.8 Å². The van der Waals surface area contributed by atoms with Crippen LogP contribution in [-0.4, -0.2) is 16.9 Å². The van der Waals surface area contributed by atoms with E-state index in [1.54, 1.807) is 0 Å². The van der Waals surface area contributed by atoms with Crippen LogP contribution in [0.4, 0.5) is 0 Å². The second-order valence-corrected chi connectivity index (χ2v) is 2.94. The highest BCUT2D eigenvalue weighted by atomic mass is 16.4. The molecular formula is C10H16O3. The Morgan fingerprint density at radius 3 is 2.54 bits per heavy atom. The number of Topliss-reactive ketones (excluding diaryl/α,β-unsaturated/α-hetero) is 1. The molecule has 13 heavy (non-hydrogen) atoms. The summed E-state index contributed by atoms with van der Waals surface area (Å²) in [6.07, 6.45) is 6.30. The smallest absolute Gasteiger partial charge is 0.327 e. The van der Waals surface area contributed by atoms with Crippen LogP contribution in [0.2, 0.25) is 0 Å². The highest BCUT2D eigenvalue weighted by Gasteiger charge is 1.98. The average molecular weight is 184 g/mol. The third kappa shape index (κ3) is 8.79. The lowest BCUT2D eigenvalue weighted by Gasteiger charge is -1.95. The molecule has 0 heterocycles. The van der Waals surface area contributed by atoms with E-state index in [2.05, 4.69) is 6.92 Å². The summed E-state index contributed by atoms with van der Waals surface area (Å²) >= 11 is 0. The zero-order valence-corrected chi connectivity index (χ0v) is 7.95. The summed E-state index contributed by atoms with van der Waals surface area (Å²) in [6.45, 7) is 2.08. The molecule has 1 N–H and O–H groups in total. The van der Waals surface area contributed by atoms with E-state index in [4.69, 9.17) is 5.11 Å². The van der Waals surface area contributed by atoms with Crippen LogP contribution < -0.4 is 0 Å². The van der Waals surface area contributed by atoms with Crippen LogP contribution >= 0.6 is 0 Å². The van der Waals surface area contributed by atoms with Crippen molar-refractivity contribution < 1.29 is 14.7 Å². The third-order valence-electron chi connectivity index (χ3n) is 1.67. The molecule has 0 atom stereocenters. The Balaban J connectivity index is 3.46. The predicted octanol–water partition coefficient (Wildman–Crippen LogP) is 2.17. The fourth-order valence-corrected chi connectivity index (χ4v) is 0.965. The normalized spacial score (nSPS) is 10.5. The Morgan fingerprint density at radius 1 is 1.31 bits per heavy atom. The summed E-state index contributed by atoms with van der Waals surface area (Å²) < 4.78 is 0. The lowest BCUT2D eigenvalue weighted by atomic mass is 10.1. The topological polar surface area (TPSA) is 54.4 Å². The van der Waals surface area contributed by atoms with Gasteiger partial charge in [0.05, 0.1) is 0 Å². The highest BCUT2D eigenvalue weighted by molar-refractivity contribution is 5.83. The van der Waals surface area contributed by atoms with Gasteiger partial charge in [-0.05, 0) is 6.42 Å². The summed E-state index contributed by atoms with van der Waals surface area (Å²) in [5, 5.41) is 8.24. The molecule has 0 aliphatic carbocycles. The van der Waals surface area contributed by atoms with Gasteiger partial charge in [0.15, 0.2) is 0 Å². The largest absolute Gasteiger partial charge is 0.478 e. The maximum atomic E-state index is 11.1. The van der Waals surface area contributed by atoms with Gasteiger partial charge < -0.3 is 5.11 Å². The molecule has 0 saturated heterocycles. The number of hydrogen-bond acceptors (Lipinski definition) is 2. The molecule has 0 unspecified atom stereocenters. The van der Waals surface area contributed by atoms with E-state index in [1.807, 2.05) is 0 Å². The van der Waals surface area contributed by atoms with Crippen LogP contribution in [0.15, 0.2) is 12.2 Å². The zero-order valence-electron chi connectivity index (χ0n) is 7.95. The second kappa shape index (κ2) is 7.53. The molecule has 0 rings (SSSR count). The van der Waals surface area contributed by atoms with Crippen LogP contribution in [0.3, 0.4) is 0 Å². The van der Waals surface area contributed by atoms with Gasteiger partial charge in [0.1, 0.15) is 5.78 Å². The Bertz CT molecular complexity index is 194. The summed E-state index contributed by atoms with van der Waals surface area (Å²) in [7, 11) is 0. The van der Waals surface area contributed by atoms with Crippen molar-refractivity contribution in [3.8, 4) is 0 Å². The molecule has 0 fully saturated rings. The molecule has 0 spiro atoms. The van der Waals surface area contributed by atoms with Crippen molar-refractivity contribution in [2.24, 2.45) is 0 Å². The average Bonchev–Trinajstić information content (AvgIpc) is 2.04. The number of carbonyl (C=O) groups excluding carboxylic acids is 1. The van der Waals surface area contributed by atoms with E-state index in [0.717, 1.165) is 25.3 Å². The minimum atomic E-state index is -0.999. The van der Waals surface area contributed by atoms with Crippen LogP contribution in [0.1, 0.15) is 39.0 Å². The number of aliphatic carboxylic acids is 1. The number of ketones is 1. The number of unbranched alkanes of at least 4 members (excludes halogenated alkanes) is 2. The van der Waals surface area contributed by atoms with Crippen molar-refractivity contribution in [1.29, 1.82) is 0 Å². The molecule has 3 heteroatoms. The van der Waals surface area contributed by atoms with Gasteiger partial charge in [-0.3, -0.25) is 4.79 Å². The molecule has 74 valence electrons. The van der Waals surface area contributed by atoms with Crippen molar-refractivity contribution in [2.45, 2.75) is 39.0 Å². The van der Waals surface area contributed by atoms with Crippen molar-refractivity contribution in [2.75, 3.05) is 0 Å². The third-order valence-corrected chi connectivity index (χ3v) is 1.67. The standard InChI is InChI=1S/C10H16O3/c1-2-3-4-6-9(11)7-5-8-10(12)13/h5,8H,2-4,6-7H2,1H3,(H,12,13)/b8-5+. The summed E-state index contributed by atoms with van der Waals surface area (Å²) in [5.74, 6) is -0.882. The first-order valence-electron chi connectivity index (χ1n) is 4.58. The van der Waals surface area contributed by atoms with Gasteiger partial charge in [0.25, 0.3) is 0 Å². The number of carboxylic acids is 1. The summed E-state index contributed by atoms with van der Waals surface area (Å²) in [5.41, 5.74) is 0. The monoisotopic (exact) mass is 184 g/mol.